The van der Waals surface area contributed by atoms with Crippen molar-refractivity contribution < 1.29 is 9.90 Å². The van der Waals surface area contributed by atoms with Gasteiger partial charge in [0.1, 0.15) is 6.04 Å². The number of hydrogen-bond donors (Lipinski definition) is 2. The molecule has 0 radical (unpaired) electrons. The molecule has 0 aliphatic heterocycles. The second kappa shape index (κ2) is 2.67. The van der Waals surface area contributed by atoms with Crippen LogP contribution in [0.5, 0.6) is 0 Å². The Bertz CT molecular complexity index is 90.4. The van der Waals surface area contributed by atoms with Crippen LogP contribution >= 0.6 is 0 Å². The van der Waals surface area contributed by atoms with Crippen molar-refractivity contribution >= 4 is 5.97 Å². The van der Waals surface area contributed by atoms with Gasteiger partial charge in [-0.15, -0.1) is 0 Å². The van der Waals surface area contributed by atoms with Gasteiger partial charge in [0.25, 0.3) is 0 Å². The summed E-state index contributed by atoms with van der Waals surface area (Å²) in [6, 6.07) is -0.713. The van der Waals surface area contributed by atoms with Gasteiger partial charge in [-0.2, -0.15) is 0 Å². The van der Waals surface area contributed by atoms with Crippen molar-refractivity contribution in [2.24, 2.45) is 11.7 Å². The Labute approximate surface area is 48.5 Å². The standard InChI is InChI=1S/C5H11NO2/c1-3(2)4(6)5(7)8/h3-4H,6H2,1-2H3,(H,7,8)/t4-/m1/s1/i1+1,6+1/t3?,4-. The van der Waals surface area contributed by atoms with Gasteiger partial charge >= 0.3 is 5.97 Å². The lowest BCUT2D eigenvalue weighted by molar-refractivity contribution is -0.139. The molecule has 0 aromatic rings. The van der Waals surface area contributed by atoms with Gasteiger partial charge in [0.15, 0.2) is 0 Å². The molecule has 0 aliphatic rings. The van der Waals surface area contributed by atoms with Gasteiger partial charge in [-0.3, -0.25) is 4.79 Å². The van der Waals surface area contributed by atoms with Crippen LogP contribution < -0.4 is 5.73 Å². The largest absolute Gasteiger partial charge is 0.480 e. The first-order chi connectivity index (χ1) is 3.55. The molecule has 0 aromatic heterocycles. The molecule has 0 saturated carbocycles. The third-order valence-corrected chi connectivity index (χ3v) is 1.00. The van der Waals surface area contributed by atoms with Crippen molar-refractivity contribution in [3.8, 4) is 0 Å². The third kappa shape index (κ3) is 1.93. The van der Waals surface area contributed by atoms with Gasteiger partial charge in [-0.1, -0.05) is 13.8 Å². The molecule has 0 rings (SSSR count). The number of hydrogen-bond acceptors (Lipinski definition) is 2. The Kier molecular flexibility index (Phi) is 2.48. The molecule has 0 fully saturated rings. The minimum Gasteiger partial charge on any atom is -0.480 e. The normalized spacial score (nSPS) is 17.4. The van der Waals surface area contributed by atoms with E-state index in [4.69, 9.17) is 10.8 Å². The zero-order chi connectivity index (χ0) is 6.73. The predicted molar refractivity (Wildman–Crippen MR) is 30.4 cm³/mol. The summed E-state index contributed by atoms with van der Waals surface area (Å²) in [5.74, 6) is -0.910. The first-order valence-corrected chi connectivity index (χ1v) is 2.54. The fraction of sp³-hybridized carbons (Fsp3) is 0.800. The summed E-state index contributed by atoms with van der Waals surface area (Å²) >= 11 is 0. The number of nitrogens with two attached hydrogens (primary N) is 1. The lowest BCUT2D eigenvalue weighted by Crippen LogP contribution is -2.34. The van der Waals surface area contributed by atoms with E-state index in [0.717, 1.165) is 0 Å². The lowest BCUT2D eigenvalue weighted by atomic mass is 10.2. The Balaban J connectivity index is 3.64. The summed E-state index contributed by atoms with van der Waals surface area (Å²) in [5.41, 5.74) is 5.16. The van der Waals surface area contributed by atoms with Crippen molar-refractivity contribution in [1.29, 1.82) is 0 Å². The molecule has 48 valence electrons. The monoisotopic (exact) mass is 119 g/mol. The van der Waals surface area contributed by atoms with E-state index >= 15 is 0 Å². The molecule has 8 heavy (non-hydrogen) atoms. The van der Waals surface area contributed by atoms with Crippen LogP contribution in [-0.2, 0) is 4.79 Å². The summed E-state index contributed by atoms with van der Waals surface area (Å²) in [4.78, 5) is 10.0. The zero-order valence-electron chi connectivity index (χ0n) is 5.09. The second-order valence-electron chi connectivity index (χ2n) is 2.11. The highest BCUT2D eigenvalue weighted by Gasteiger charge is 2.14. The maximum atomic E-state index is 10.0. The molecule has 1 unspecified atom stereocenters. The van der Waals surface area contributed by atoms with Crippen LogP contribution in [0.15, 0.2) is 0 Å². The van der Waals surface area contributed by atoms with Crippen LogP contribution in [0.25, 0.3) is 0 Å². The molecular formula is C5H11NO2. The van der Waals surface area contributed by atoms with E-state index in [9.17, 15) is 4.79 Å². The minimum atomic E-state index is -0.931. The lowest BCUT2D eigenvalue weighted by Gasteiger charge is -2.07. The van der Waals surface area contributed by atoms with Crippen molar-refractivity contribution in [2.45, 2.75) is 19.9 Å². The number of rotatable bonds is 2. The maximum absolute atomic E-state index is 10.0. The molecule has 3 nitrogen and oxygen atoms in total. The fourth-order valence-electron chi connectivity index (χ4n) is 0.285. The van der Waals surface area contributed by atoms with E-state index in [2.05, 4.69) is 0 Å². The van der Waals surface area contributed by atoms with Crippen molar-refractivity contribution in [3.63, 3.8) is 0 Å². The van der Waals surface area contributed by atoms with Gasteiger partial charge < -0.3 is 10.8 Å². The Morgan fingerprint density at radius 3 is 2.00 bits per heavy atom. The van der Waals surface area contributed by atoms with Crippen LogP contribution in [0.3, 0.4) is 0 Å². The average Bonchev–Trinajstić information content (AvgIpc) is 1.64. The van der Waals surface area contributed by atoms with E-state index in [1.807, 2.05) is 0 Å². The van der Waals surface area contributed by atoms with Gasteiger partial charge in [0.2, 0.25) is 0 Å². The van der Waals surface area contributed by atoms with Crippen molar-refractivity contribution in [3.05, 3.63) is 0 Å². The summed E-state index contributed by atoms with van der Waals surface area (Å²) in [7, 11) is 0. The zero-order valence-corrected chi connectivity index (χ0v) is 5.09. The van der Waals surface area contributed by atoms with Crippen LogP contribution in [0.1, 0.15) is 13.8 Å². The molecule has 3 heteroatoms. The molecule has 0 aliphatic carbocycles. The summed E-state index contributed by atoms with van der Waals surface area (Å²) in [5, 5.41) is 8.23. The van der Waals surface area contributed by atoms with Crippen LogP contribution in [-0.4, -0.2) is 17.1 Å². The van der Waals surface area contributed by atoms with Gasteiger partial charge in [-0.05, 0) is 5.92 Å². The Morgan fingerprint density at radius 1 is 1.62 bits per heavy atom. The van der Waals surface area contributed by atoms with E-state index in [1.54, 1.807) is 13.8 Å². The molecule has 0 saturated heterocycles. The van der Waals surface area contributed by atoms with Crippen LogP contribution in [0, 0.1) is 5.92 Å². The molecule has 3 N–H and O–H groups in total. The molecule has 0 heterocycles. The van der Waals surface area contributed by atoms with E-state index in [-0.39, 0.29) is 5.92 Å². The fourth-order valence-corrected chi connectivity index (χ4v) is 0.285. The maximum Gasteiger partial charge on any atom is 0.320 e. The Hall–Kier alpha value is -0.570. The van der Waals surface area contributed by atoms with Crippen molar-refractivity contribution in [1.82, 2.24) is 0 Å². The number of aliphatic carboxylic acids is 1. The third-order valence-electron chi connectivity index (χ3n) is 1.00. The van der Waals surface area contributed by atoms with E-state index < -0.39 is 12.0 Å². The quantitative estimate of drug-likeness (QED) is 0.399. The Morgan fingerprint density at radius 2 is 2.00 bits per heavy atom. The minimum absolute atomic E-state index is 0.0208. The SMILES string of the molecule is CC([13CH3])[C@@H]([15NH2])C(=O)O. The van der Waals surface area contributed by atoms with Gasteiger partial charge in [0.05, 0.1) is 0 Å². The first kappa shape index (κ1) is 7.43. The molecular weight excluding hydrogens is 108 g/mol. The van der Waals surface area contributed by atoms with Crippen molar-refractivity contribution in [2.75, 3.05) is 0 Å². The first-order valence-electron chi connectivity index (χ1n) is 2.54. The number of carboxylic acid groups (broad SMARTS) is 1. The smallest absolute Gasteiger partial charge is 0.320 e. The molecule has 0 bridgehead atoms. The van der Waals surface area contributed by atoms with E-state index in [1.165, 1.54) is 0 Å². The highest BCUT2D eigenvalue weighted by molar-refractivity contribution is 5.73. The summed E-state index contributed by atoms with van der Waals surface area (Å²) in [6.45, 7) is 3.55. The van der Waals surface area contributed by atoms with Gasteiger partial charge in [-0.25, -0.2) is 0 Å². The molecule has 0 amide bonds. The summed E-state index contributed by atoms with van der Waals surface area (Å²) in [6.07, 6.45) is 0. The number of carbonyl (C=O) groups is 1. The predicted octanol–water partition coefficient (Wildman–Crippen LogP) is 0.0543. The molecule has 0 aromatic carbocycles. The molecule has 0 spiro atoms. The highest BCUT2D eigenvalue weighted by atomic mass is 16.4. The average molecular weight is 119 g/mol. The van der Waals surface area contributed by atoms with E-state index in [0.29, 0.717) is 0 Å². The number of carboxylic acids is 1. The summed E-state index contributed by atoms with van der Waals surface area (Å²) < 4.78 is 0. The van der Waals surface area contributed by atoms with Gasteiger partial charge in [0, 0.05) is 0 Å². The van der Waals surface area contributed by atoms with Crippen LogP contribution in [0.4, 0.5) is 0 Å². The van der Waals surface area contributed by atoms with Crippen LogP contribution in [0.2, 0.25) is 0 Å². The topological polar surface area (TPSA) is 63.3 Å². The highest BCUT2D eigenvalue weighted by Crippen LogP contribution is 1.96. The molecule has 2 atom stereocenters. The second-order valence-corrected chi connectivity index (χ2v) is 2.11.